The molecule has 17 nitrogen and oxygen atoms in total. The van der Waals surface area contributed by atoms with Crippen LogP contribution >= 0.6 is 35.3 Å². The van der Waals surface area contributed by atoms with Crippen molar-refractivity contribution in [1.29, 1.82) is 15.8 Å². The Labute approximate surface area is 508 Å². The highest BCUT2D eigenvalue weighted by Crippen LogP contribution is 2.46. The van der Waals surface area contributed by atoms with Crippen molar-refractivity contribution in [2.75, 3.05) is 4.72 Å². The molecular formula is C64H63N13O4S4. The minimum absolute atomic E-state index is 0.275. The maximum atomic E-state index is 10.9. The lowest BCUT2D eigenvalue weighted by Gasteiger charge is -2.36. The number of anilines is 1. The maximum absolute atomic E-state index is 10.9. The van der Waals surface area contributed by atoms with Gasteiger partial charge in [0.2, 0.25) is 0 Å². The highest BCUT2D eigenvalue weighted by molar-refractivity contribution is 7.99. The molecule has 0 saturated heterocycles. The molecular weight excluding hydrogens is 1140 g/mol. The van der Waals surface area contributed by atoms with Crippen LogP contribution < -0.4 is 4.72 Å². The molecule has 0 amide bonds. The van der Waals surface area contributed by atoms with Crippen LogP contribution in [-0.2, 0) is 63.4 Å². The summed E-state index contributed by atoms with van der Waals surface area (Å²) in [5.41, 5.74) is 10.8. The van der Waals surface area contributed by atoms with E-state index in [1.807, 2.05) is 33.3 Å². The van der Waals surface area contributed by atoms with Crippen molar-refractivity contribution in [3.05, 3.63) is 221 Å². The average molecular weight is 1210 g/mol. The Morgan fingerprint density at radius 2 is 0.812 bits per heavy atom. The van der Waals surface area contributed by atoms with Crippen molar-refractivity contribution < 1.29 is 18.1 Å². The Balaban J connectivity index is 0.000000142. The number of aryl methyl sites for hydroxylation is 1. The van der Waals surface area contributed by atoms with Gasteiger partial charge in [0.05, 0.1) is 59.8 Å². The standard InChI is InChI=1S/C22H22N4S.C21H21N5O3S2.C21H20N4OS/c1-17-3-5-21(6-4-17)27-13-19-9-18(12-26-16-24-15-25-26)10-20(11-19)22(14-23)7-2-8-22;22-13-21(6-1-7-21)18-9-16(11-26-15-23-14-24-26)8-17(10-18)12-30-20-4-2-19(3-5-20)25-31(27,28)29;22-13-21(6-1-7-21)18-9-16(11-25-15-23-14-24-25)8-17(10-18)12-27-20-4-2-19(26)3-5-20/h3-6,9-11,15-16H,2,7-8,12-13H2,1H3;2-5,8-10,14-15,25H,1,6-7,11-12H2,(H,27,28,29);2-5,8-10,14-15,26H,1,6-7,11-12H2. The molecule has 3 aliphatic carbocycles. The van der Waals surface area contributed by atoms with Crippen molar-refractivity contribution in [2.24, 2.45) is 0 Å². The van der Waals surface area contributed by atoms with E-state index in [1.54, 1.807) is 94.6 Å². The molecule has 432 valence electrons. The average Bonchev–Trinajstić information content (AvgIpc) is 2.68. The van der Waals surface area contributed by atoms with Crippen molar-refractivity contribution in [3.63, 3.8) is 0 Å². The normalized spacial score (nSPS) is 15.1. The molecule has 12 rings (SSSR count). The van der Waals surface area contributed by atoms with Gasteiger partial charge in [-0.1, -0.05) is 72.3 Å². The molecule has 0 bridgehead atoms. The highest BCUT2D eigenvalue weighted by Gasteiger charge is 2.41. The fourth-order valence-corrected chi connectivity index (χ4v) is 13.5. The number of thioether (sulfide) groups is 3. The summed E-state index contributed by atoms with van der Waals surface area (Å²) in [5, 5.41) is 51.4. The molecule has 9 aromatic rings. The van der Waals surface area contributed by atoms with Gasteiger partial charge in [-0.15, -0.1) is 35.3 Å². The minimum Gasteiger partial charge on any atom is -0.508 e. The number of aromatic nitrogens is 9. The fourth-order valence-electron chi connectivity index (χ4n) is 10.6. The second kappa shape index (κ2) is 27.2. The van der Waals surface area contributed by atoms with E-state index in [9.17, 15) is 29.3 Å². The Morgan fingerprint density at radius 3 is 1.09 bits per heavy atom. The van der Waals surface area contributed by atoms with Gasteiger partial charge < -0.3 is 5.11 Å². The zero-order chi connectivity index (χ0) is 59.3. The van der Waals surface area contributed by atoms with Crippen LogP contribution in [0.1, 0.15) is 113 Å². The van der Waals surface area contributed by atoms with Crippen molar-refractivity contribution in [2.45, 2.75) is 133 Å². The molecule has 3 heterocycles. The monoisotopic (exact) mass is 1210 g/mol. The van der Waals surface area contributed by atoms with E-state index in [1.165, 1.54) is 39.8 Å². The van der Waals surface area contributed by atoms with Gasteiger partial charge in [-0.05, 0) is 175 Å². The molecule has 0 radical (unpaired) electrons. The molecule has 21 heteroatoms. The first kappa shape index (κ1) is 59.9. The zero-order valence-electron chi connectivity index (χ0n) is 46.9. The molecule has 85 heavy (non-hydrogen) atoms. The molecule has 6 aromatic carbocycles. The molecule has 0 unspecified atom stereocenters. The zero-order valence-corrected chi connectivity index (χ0v) is 50.2. The van der Waals surface area contributed by atoms with Crippen LogP contribution in [0.15, 0.2) is 180 Å². The number of nitrogens with one attached hydrogen (secondary N) is 1. The smallest absolute Gasteiger partial charge is 0.357 e. The largest absolute Gasteiger partial charge is 0.508 e. The molecule has 3 fully saturated rings. The third kappa shape index (κ3) is 15.8. The van der Waals surface area contributed by atoms with Crippen molar-refractivity contribution in [3.8, 4) is 24.0 Å². The lowest BCUT2D eigenvalue weighted by atomic mass is 9.65. The van der Waals surface area contributed by atoms with Gasteiger partial charge in [0.1, 0.15) is 43.7 Å². The quantitative estimate of drug-likeness (QED) is 0.0474. The number of phenols is 1. The topological polar surface area (TPSA) is 250 Å². The summed E-state index contributed by atoms with van der Waals surface area (Å²) in [6.07, 6.45) is 18.6. The predicted molar refractivity (Wildman–Crippen MR) is 330 cm³/mol. The maximum Gasteiger partial charge on any atom is 0.357 e. The molecule has 0 spiro atoms. The van der Waals surface area contributed by atoms with E-state index in [2.05, 4.69) is 134 Å². The van der Waals surface area contributed by atoms with Gasteiger partial charge in [-0.3, -0.25) is 9.27 Å². The van der Waals surface area contributed by atoms with E-state index in [4.69, 9.17) is 4.55 Å². The minimum atomic E-state index is -4.28. The van der Waals surface area contributed by atoms with Crippen LogP contribution in [0.2, 0.25) is 0 Å². The first-order chi connectivity index (χ1) is 41.2. The summed E-state index contributed by atoms with van der Waals surface area (Å²) in [6.45, 7) is 4.01. The molecule has 3 aromatic heterocycles. The Bertz CT molecular complexity index is 3760. The number of aromatic hydroxyl groups is 1. The van der Waals surface area contributed by atoms with Crippen LogP contribution in [0.5, 0.6) is 5.75 Å². The summed E-state index contributed by atoms with van der Waals surface area (Å²) < 4.78 is 38.1. The first-order valence-electron chi connectivity index (χ1n) is 27.9. The lowest BCUT2D eigenvalue weighted by molar-refractivity contribution is 0.323. The summed E-state index contributed by atoms with van der Waals surface area (Å²) in [7, 11) is -4.28. The lowest BCUT2D eigenvalue weighted by Crippen LogP contribution is -2.32. The number of benzene rings is 6. The van der Waals surface area contributed by atoms with Crippen molar-refractivity contribution in [1.82, 2.24) is 44.3 Å². The molecule has 3 saturated carbocycles. The van der Waals surface area contributed by atoms with Gasteiger partial charge in [0, 0.05) is 31.9 Å². The van der Waals surface area contributed by atoms with Gasteiger partial charge in [0.25, 0.3) is 0 Å². The summed E-state index contributed by atoms with van der Waals surface area (Å²) in [4.78, 5) is 15.4. The summed E-state index contributed by atoms with van der Waals surface area (Å²) >= 11 is 5.17. The number of phenolic OH excluding ortho intramolecular Hbond substituents is 1. The number of hydrogen-bond acceptors (Lipinski definition) is 15. The molecule has 0 atom stereocenters. The number of nitriles is 3. The van der Waals surface area contributed by atoms with E-state index >= 15 is 0 Å². The SMILES string of the molecule is Cc1ccc(SCc2cc(Cn3cncn3)cc(C3(C#N)CCC3)c2)cc1.N#CC1(c2cc(CSc3ccc(NS(=O)(=O)O)cc3)cc(Cn3cncn3)c2)CCC1.N#CC1(c2cc(CSc3ccc(O)cc3)cc(Cn3cncn3)c2)CCC1. The Morgan fingerprint density at radius 1 is 0.494 bits per heavy atom. The molecule has 0 aliphatic heterocycles. The third-order valence-corrected chi connectivity index (χ3v) is 19.4. The van der Waals surface area contributed by atoms with E-state index in [-0.39, 0.29) is 16.6 Å². The Kier molecular flexibility index (Phi) is 19.2. The predicted octanol–water partition coefficient (Wildman–Crippen LogP) is 12.9. The van der Waals surface area contributed by atoms with Crippen molar-refractivity contribution >= 4 is 51.3 Å². The van der Waals surface area contributed by atoms with Crippen LogP contribution in [0.3, 0.4) is 0 Å². The number of rotatable bonds is 20. The Hall–Kier alpha value is -8.23. The van der Waals surface area contributed by atoms with Crippen LogP contribution in [-0.4, -0.2) is 62.4 Å². The van der Waals surface area contributed by atoms with E-state index < -0.39 is 15.7 Å². The van der Waals surface area contributed by atoms with Gasteiger partial charge in [-0.25, -0.2) is 29.0 Å². The first-order valence-corrected chi connectivity index (χ1v) is 32.3. The second-order valence-corrected chi connectivity index (χ2v) is 26.1. The van der Waals surface area contributed by atoms with Gasteiger partial charge >= 0.3 is 10.3 Å². The number of hydrogen-bond donors (Lipinski definition) is 3. The van der Waals surface area contributed by atoms with Crippen LogP contribution in [0.25, 0.3) is 0 Å². The molecule has 3 N–H and O–H groups in total. The third-order valence-electron chi connectivity index (χ3n) is 15.7. The molecule has 3 aliphatic rings. The number of nitrogens with zero attached hydrogens (tertiary/aromatic N) is 12. The highest BCUT2D eigenvalue weighted by atomic mass is 32.2. The van der Waals surface area contributed by atoms with Gasteiger partial charge in [0.15, 0.2) is 0 Å². The van der Waals surface area contributed by atoms with Gasteiger partial charge in [-0.2, -0.15) is 39.5 Å². The van der Waals surface area contributed by atoms with Crippen LogP contribution in [0.4, 0.5) is 5.69 Å². The fraction of sp³-hybridized carbons (Fsp3) is 0.297. The second-order valence-electron chi connectivity index (χ2n) is 21.8. The van der Waals surface area contributed by atoms with Crippen LogP contribution in [0, 0.1) is 40.9 Å². The summed E-state index contributed by atoms with van der Waals surface area (Å²) in [5.74, 6) is 2.68. The van der Waals surface area contributed by atoms with E-state index in [0.29, 0.717) is 31.1 Å². The van der Waals surface area contributed by atoms with E-state index in [0.717, 1.165) is 112 Å². The summed E-state index contributed by atoms with van der Waals surface area (Å²) in [6, 6.07) is 49.8.